The van der Waals surface area contributed by atoms with Gasteiger partial charge < -0.3 is 9.64 Å². The van der Waals surface area contributed by atoms with Crippen molar-refractivity contribution in [1.82, 2.24) is 14.9 Å². The molecule has 8 heteroatoms. The van der Waals surface area contributed by atoms with Gasteiger partial charge in [-0.2, -0.15) is 0 Å². The lowest BCUT2D eigenvalue weighted by Crippen LogP contribution is -2.31. The molecule has 0 aliphatic carbocycles. The van der Waals surface area contributed by atoms with Crippen molar-refractivity contribution in [3.63, 3.8) is 0 Å². The molecule has 1 saturated heterocycles. The monoisotopic (exact) mass is 429 g/mol. The van der Waals surface area contributed by atoms with Crippen LogP contribution in [-0.4, -0.2) is 39.7 Å². The lowest BCUT2D eigenvalue weighted by Gasteiger charge is -2.17. The first-order chi connectivity index (χ1) is 13.7. The minimum atomic E-state index is -0.0983. The molecule has 1 aliphatic rings. The topological polar surface area (TPSA) is 55.3 Å². The molecule has 1 aliphatic heterocycles. The summed E-state index contributed by atoms with van der Waals surface area (Å²) in [5.74, 6) is 1.26. The van der Waals surface area contributed by atoms with Crippen LogP contribution in [0.2, 0.25) is 5.02 Å². The summed E-state index contributed by atoms with van der Waals surface area (Å²) in [6.07, 6.45) is 5.48. The molecule has 142 valence electrons. The smallest absolute Gasteiger partial charge is 0.265 e. The number of benzene rings is 1. The summed E-state index contributed by atoms with van der Waals surface area (Å²) in [7, 11) is 0. The number of thioether (sulfide) groups is 1. The Hall–Kier alpha value is -2.35. The van der Waals surface area contributed by atoms with E-state index in [0.29, 0.717) is 17.3 Å². The number of amides is 1. The van der Waals surface area contributed by atoms with Crippen molar-refractivity contribution in [2.75, 3.05) is 18.9 Å². The number of hydrogen-bond acceptors (Lipinski definition) is 6. The summed E-state index contributed by atoms with van der Waals surface area (Å²) in [5, 5.41) is 4.27. The van der Waals surface area contributed by atoms with Crippen molar-refractivity contribution in [1.29, 1.82) is 0 Å². The van der Waals surface area contributed by atoms with Crippen LogP contribution in [0.25, 0.3) is 16.6 Å². The van der Waals surface area contributed by atoms with E-state index in [1.165, 1.54) is 0 Å². The molecular weight excluding hydrogens is 414 g/mol. The van der Waals surface area contributed by atoms with Gasteiger partial charge in [0.2, 0.25) is 0 Å². The highest BCUT2D eigenvalue weighted by molar-refractivity contribution is 8.03. The van der Waals surface area contributed by atoms with Gasteiger partial charge in [-0.05, 0) is 30.3 Å². The first kappa shape index (κ1) is 19.0. The van der Waals surface area contributed by atoms with E-state index in [4.69, 9.17) is 16.3 Å². The van der Waals surface area contributed by atoms with Gasteiger partial charge in [-0.15, -0.1) is 23.1 Å². The molecule has 0 spiro atoms. The molecule has 0 unspecified atom stereocenters. The largest absolute Gasteiger partial charge is 0.482 e. The zero-order chi connectivity index (χ0) is 19.3. The van der Waals surface area contributed by atoms with E-state index in [-0.39, 0.29) is 12.5 Å². The third-order valence-electron chi connectivity index (χ3n) is 4.02. The summed E-state index contributed by atoms with van der Waals surface area (Å²) < 4.78 is 5.59. The van der Waals surface area contributed by atoms with Crippen molar-refractivity contribution < 1.29 is 9.53 Å². The van der Waals surface area contributed by atoms with Crippen LogP contribution in [0.15, 0.2) is 59.2 Å². The van der Waals surface area contributed by atoms with E-state index in [1.54, 1.807) is 52.5 Å². The van der Waals surface area contributed by atoms with Gasteiger partial charge >= 0.3 is 0 Å². The molecule has 0 N–H and O–H groups in total. The van der Waals surface area contributed by atoms with Crippen LogP contribution in [0.4, 0.5) is 0 Å². The zero-order valence-electron chi connectivity index (χ0n) is 14.7. The van der Waals surface area contributed by atoms with Crippen LogP contribution in [0.5, 0.6) is 5.75 Å². The molecule has 1 amide bonds. The molecule has 0 atom stereocenters. The fourth-order valence-corrected chi connectivity index (χ4v) is 4.67. The predicted octanol–water partition coefficient (Wildman–Crippen LogP) is 4.81. The number of halogens is 1. The number of nitrogens with zero attached hydrogens (tertiary/aromatic N) is 3. The lowest BCUT2D eigenvalue weighted by molar-refractivity contribution is -0.130. The van der Waals surface area contributed by atoms with Gasteiger partial charge in [0, 0.05) is 35.6 Å². The Bertz CT molecular complexity index is 1010. The fourth-order valence-electron chi connectivity index (χ4n) is 2.68. The first-order valence-electron chi connectivity index (χ1n) is 8.59. The van der Waals surface area contributed by atoms with Crippen LogP contribution in [0.3, 0.4) is 0 Å². The Morgan fingerprint density at radius 1 is 1.29 bits per heavy atom. The van der Waals surface area contributed by atoms with Gasteiger partial charge in [0.1, 0.15) is 10.8 Å². The second kappa shape index (κ2) is 8.77. The van der Waals surface area contributed by atoms with E-state index in [9.17, 15) is 4.79 Å². The van der Waals surface area contributed by atoms with E-state index in [0.717, 1.165) is 27.0 Å². The quantitative estimate of drug-likeness (QED) is 0.582. The number of hydrogen-bond donors (Lipinski definition) is 0. The van der Waals surface area contributed by atoms with Gasteiger partial charge in [-0.25, -0.2) is 4.98 Å². The molecule has 0 saturated carbocycles. The molecule has 3 aromatic rings. The zero-order valence-corrected chi connectivity index (χ0v) is 17.1. The highest BCUT2D eigenvalue weighted by atomic mass is 35.5. The number of rotatable bonds is 5. The molecule has 4 rings (SSSR count). The van der Waals surface area contributed by atoms with Gasteiger partial charge in [-0.1, -0.05) is 23.7 Å². The third-order valence-corrected chi connectivity index (χ3v) is 6.26. The predicted molar refractivity (Wildman–Crippen MR) is 114 cm³/mol. The Labute approximate surface area is 176 Å². The second-order valence-electron chi connectivity index (χ2n) is 5.91. The van der Waals surface area contributed by atoms with Gasteiger partial charge in [0.15, 0.2) is 6.61 Å². The summed E-state index contributed by atoms with van der Waals surface area (Å²) in [6, 6.07) is 11.0. The molecule has 1 aromatic carbocycles. The van der Waals surface area contributed by atoms with E-state index in [1.807, 2.05) is 35.7 Å². The molecule has 2 aromatic heterocycles. The minimum absolute atomic E-state index is 0.0559. The van der Waals surface area contributed by atoms with Crippen molar-refractivity contribution in [2.45, 2.75) is 0 Å². The Kier molecular flexibility index (Phi) is 5.95. The van der Waals surface area contributed by atoms with Gasteiger partial charge in [-0.3, -0.25) is 9.78 Å². The first-order valence-corrected chi connectivity index (χ1v) is 10.8. The third kappa shape index (κ3) is 4.38. The van der Waals surface area contributed by atoms with Crippen LogP contribution >= 0.6 is 34.7 Å². The van der Waals surface area contributed by atoms with Crippen molar-refractivity contribution in [2.24, 2.45) is 0 Å². The second-order valence-corrected chi connectivity index (χ2v) is 8.30. The highest BCUT2D eigenvalue weighted by Gasteiger charge is 2.25. The van der Waals surface area contributed by atoms with Crippen LogP contribution < -0.4 is 4.74 Å². The van der Waals surface area contributed by atoms with Crippen LogP contribution in [-0.2, 0) is 4.79 Å². The lowest BCUT2D eigenvalue weighted by atomic mass is 10.3. The molecule has 0 radical (unpaired) electrons. The van der Waals surface area contributed by atoms with E-state index < -0.39 is 0 Å². The summed E-state index contributed by atoms with van der Waals surface area (Å²) >= 11 is 9.28. The molecule has 0 bridgehead atoms. The van der Waals surface area contributed by atoms with E-state index in [2.05, 4.69) is 9.97 Å². The number of aromatic nitrogens is 2. The summed E-state index contributed by atoms with van der Waals surface area (Å²) in [6.45, 7) is 0.598. The molecule has 5 nitrogen and oxygen atoms in total. The van der Waals surface area contributed by atoms with Crippen molar-refractivity contribution in [3.8, 4) is 16.3 Å². The maximum absolute atomic E-state index is 12.6. The average Bonchev–Trinajstić information content (AvgIpc) is 3.38. The number of ether oxygens (including phenoxy) is 1. The maximum atomic E-state index is 12.6. The van der Waals surface area contributed by atoms with Gasteiger partial charge in [0.05, 0.1) is 15.7 Å². The maximum Gasteiger partial charge on any atom is 0.265 e. The molecular formula is C20H16ClN3O2S2. The molecule has 28 heavy (non-hydrogen) atoms. The summed E-state index contributed by atoms with van der Waals surface area (Å²) in [4.78, 5) is 23.2. The Balaban J connectivity index is 1.45. The van der Waals surface area contributed by atoms with Crippen molar-refractivity contribution in [3.05, 3.63) is 69.9 Å². The van der Waals surface area contributed by atoms with Crippen LogP contribution in [0, 0.1) is 0 Å². The highest BCUT2D eigenvalue weighted by Crippen LogP contribution is 2.32. The number of carbonyl (C=O) groups is 1. The number of para-hydroxylation sites is 1. The number of carbonyl (C=O) groups excluding carboxylic acids is 1. The fraction of sp³-hybridized carbons (Fsp3) is 0.150. The minimum Gasteiger partial charge on any atom is -0.482 e. The summed E-state index contributed by atoms with van der Waals surface area (Å²) in [5.41, 5.74) is 1.82. The number of thiazole rings is 1. The van der Waals surface area contributed by atoms with E-state index >= 15 is 0 Å². The van der Waals surface area contributed by atoms with Crippen molar-refractivity contribution >= 4 is 46.7 Å². The molecule has 3 heterocycles. The standard InChI is InChI=1S/C20H16ClN3O2S2/c21-16-5-1-2-6-17(16)26-12-18(25)24-8-9-27-19(24)10-15-13-28-20(23-15)14-4-3-7-22-11-14/h1-7,10-11,13H,8-9,12H2/b19-10+. The Morgan fingerprint density at radius 3 is 3.00 bits per heavy atom. The Morgan fingerprint density at radius 2 is 2.18 bits per heavy atom. The average molecular weight is 430 g/mol. The normalized spacial score (nSPS) is 15.2. The van der Waals surface area contributed by atoms with Crippen LogP contribution in [0.1, 0.15) is 5.69 Å². The molecule has 1 fully saturated rings. The SMILES string of the molecule is O=C(COc1ccccc1Cl)N1CCS/C1=C/c1csc(-c2cccnc2)n1. The van der Waals surface area contributed by atoms with Gasteiger partial charge in [0.25, 0.3) is 5.91 Å². The number of pyridine rings is 1.